The maximum absolute atomic E-state index is 12.4. The molecule has 2 fully saturated rings. The summed E-state index contributed by atoms with van der Waals surface area (Å²) in [6.45, 7) is 5.51. The third-order valence-corrected chi connectivity index (χ3v) is 5.28. The average Bonchev–Trinajstić information content (AvgIpc) is 3.03. The normalized spacial score (nSPS) is 23.0. The molecule has 4 nitrogen and oxygen atoms in total. The first-order valence-corrected chi connectivity index (χ1v) is 8.87. The number of benzene rings is 1. The molecule has 0 bridgehead atoms. The molecule has 1 aromatic rings. The summed E-state index contributed by atoms with van der Waals surface area (Å²) in [7, 11) is 0. The first-order valence-electron chi connectivity index (χ1n) is 8.07. The molecule has 2 aliphatic rings. The van der Waals surface area contributed by atoms with Crippen LogP contribution < -0.4 is 0 Å². The van der Waals surface area contributed by atoms with E-state index >= 15 is 0 Å². The fraction of sp³-hybridized carbons (Fsp3) is 0.588. The zero-order valence-electron chi connectivity index (χ0n) is 12.8. The zero-order valence-corrected chi connectivity index (χ0v) is 14.4. The Hall–Kier alpha value is -0.910. The number of carbonyl (C=O) groups is 1. The minimum Gasteiger partial charge on any atom is -0.377 e. The van der Waals surface area contributed by atoms with E-state index in [1.54, 1.807) is 0 Å². The lowest BCUT2D eigenvalue weighted by atomic mass is 10.1. The van der Waals surface area contributed by atoms with Crippen molar-refractivity contribution < 1.29 is 9.53 Å². The molecular weight excluding hydrogens is 344 g/mol. The quantitative estimate of drug-likeness (QED) is 0.819. The highest BCUT2D eigenvalue weighted by Gasteiger charge is 2.25. The standard InChI is InChI=1S/C17H23BrN2O2/c18-16-6-2-1-4-14(16)12-17(21)20-9-7-19(8-10-20)13-15-5-3-11-22-15/h1-2,4,6,15H,3,5,7-13H2. The predicted octanol–water partition coefficient (Wildman–Crippen LogP) is 2.31. The van der Waals surface area contributed by atoms with Gasteiger partial charge in [-0.2, -0.15) is 0 Å². The van der Waals surface area contributed by atoms with Gasteiger partial charge >= 0.3 is 0 Å². The molecule has 0 aliphatic carbocycles. The number of ether oxygens (including phenoxy) is 1. The minimum absolute atomic E-state index is 0.226. The van der Waals surface area contributed by atoms with Gasteiger partial charge in [0.1, 0.15) is 0 Å². The Morgan fingerprint density at radius 1 is 1.23 bits per heavy atom. The van der Waals surface area contributed by atoms with E-state index in [0.29, 0.717) is 12.5 Å². The Morgan fingerprint density at radius 2 is 2.00 bits per heavy atom. The largest absolute Gasteiger partial charge is 0.377 e. The maximum Gasteiger partial charge on any atom is 0.227 e. The molecule has 0 radical (unpaired) electrons. The fourth-order valence-electron chi connectivity index (χ4n) is 3.17. The molecule has 2 aliphatic heterocycles. The molecule has 5 heteroatoms. The number of hydrogen-bond donors (Lipinski definition) is 0. The summed E-state index contributed by atoms with van der Waals surface area (Å²) >= 11 is 3.51. The van der Waals surface area contributed by atoms with Crippen molar-refractivity contribution in [3.63, 3.8) is 0 Å². The van der Waals surface area contributed by atoms with Crippen molar-refractivity contribution in [2.75, 3.05) is 39.3 Å². The van der Waals surface area contributed by atoms with Gasteiger partial charge in [0, 0.05) is 43.8 Å². The summed E-state index contributed by atoms with van der Waals surface area (Å²) in [5.74, 6) is 0.226. The lowest BCUT2D eigenvalue weighted by Crippen LogP contribution is -2.50. The number of nitrogens with zero attached hydrogens (tertiary/aromatic N) is 2. The van der Waals surface area contributed by atoms with Gasteiger partial charge in [-0.15, -0.1) is 0 Å². The molecule has 1 atom stereocenters. The molecule has 0 aromatic heterocycles. The Balaban J connectivity index is 1.46. The van der Waals surface area contributed by atoms with Crippen LogP contribution in [0.2, 0.25) is 0 Å². The molecule has 2 heterocycles. The van der Waals surface area contributed by atoms with Crippen LogP contribution in [0.3, 0.4) is 0 Å². The van der Waals surface area contributed by atoms with Gasteiger partial charge in [0.25, 0.3) is 0 Å². The number of hydrogen-bond acceptors (Lipinski definition) is 3. The SMILES string of the molecule is O=C(Cc1ccccc1Br)N1CCN(CC2CCCO2)CC1. The van der Waals surface area contributed by atoms with Crippen molar-refractivity contribution in [3.8, 4) is 0 Å². The van der Waals surface area contributed by atoms with Crippen LogP contribution in [0.25, 0.3) is 0 Å². The second-order valence-corrected chi connectivity index (χ2v) is 6.94. The highest BCUT2D eigenvalue weighted by atomic mass is 79.9. The van der Waals surface area contributed by atoms with Gasteiger partial charge < -0.3 is 9.64 Å². The Kier molecular flexibility index (Phi) is 5.50. The minimum atomic E-state index is 0.226. The zero-order chi connectivity index (χ0) is 15.4. The van der Waals surface area contributed by atoms with E-state index in [1.807, 2.05) is 29.2 Å². The lowest BCUT2D eigenvalue weighted by molar-refractivity contribution is -0.132. The van der Waals surface area contributed by atoms with Crippen LogP contribution in [-0.4, -0.2) is 61.1 Å². The molecule has 0 N–H and O–H groups in total. The van der Waals surface area contributed by atoms with Gasteiger partial charge in [-0.05, 0) is 24.5 Å². The highest BCUT2D eigenvalue weighted by Crippen LogP contribution is 2.18. The Bertz CT molecular complexity index is 509. The van der Waals surface area contributed by atoms with Crippen LogP contribution >= 0.6 is 15.9 Å². The molecule has 1 unspecified atom stereocenters. The van der Waals surface area contributed by atoms with Gasteiger partial charge in [-0.3, -0.25) is 9.69 Å². The molecule has 0 spiro atoms. The summed E-state index contributed by atoms with van der Waals surface area (Å²) in [6.07, 6.45) is 3.26. The number of halogens is 1. The van der Waals surface area contributed by atoms with Gasteiger partial charge in [-0.1, -0.05) is 34.1 Å². The van der Waals surface area contributed by atoms with Crippen molar-refractivity contribution in [3.05, 3.63) is 34.3 Å². The number of piperazine rings is 1. The summed E-state index contributed by atoms with van der Waals surface area (Å²) in [6, 6.07) is 7.95. The third kappa shape index (κ3) is 4.09. The number of amides is 1. The van der Waals surface area contributed by atoms with E-state index < -0.39 is 0 Å². The first kappa shape index (κ1) is 16.0. The summed E-state index contributed by atoms with van der Waals surface area (Å²) in [5, 5.41) is 0. The van der Waals surface area contributed by atoms with E-state index in [1.165, 1.54) is 12.8 Å². The van der Waals surface area contributed by atoms with Gasteiger partial charge in [0.15, 0.2) is 0 Å². The Morgan fingerprint density at radius 3 is 2.68 bits per heavy atom. The summed E-state index contributed by atoms with van der Waals surface area (Å²) in [4.78, 5) is 16.9. The molecule has 1 aromatic carbocycles. The first-order chi connectivity index (χ1) is 10.7. The Labute approximate surface area is 140 Å². The van der Waals surface area contributed by atoms with Crippen molar-refractivity contribution in [2.45, 2.75) is 25.4 Å². The maximum atomic E-state index is 12.4. The van der Waals surface area contributed by atoms with Crippen molar-refractivity contribution in [2.24, 2.45) is 0 Å². The average molecular weight is 367 g/mol. The van der Waals surface area contributed by atoms with E-state index in [2.05, 4.69) is 20.8 Å². The predicted molar refractivity (Wildman–Crippen MR) is 89.8 cm³/mol. The van der Waals surface area contributed by atoms with Crippen LogP contribution in [-0.2, 0) is 16.0 Å². The molecule has 2 saturated heterocycles. The fourth-order valence-corrected chi connectivity index (χ4v) is 3.60. The van der Waals surface area contributed by atoms with Gasteiger partial charge in [0.05, 0.1) is 12.5 Å². The molecule has 0 saturated carbocycles. The van der Waals surface area contributed by atoms with E-state index in [4.69, 9.17) is 4.74 Å². The van der Waals surface area contributed by atoms with E-state index in [-0.39, 0.29) is 5.91 Å². The topological polar surface area (TPSA) is 32.8 Å². The van der Waals surface area contributed by atoms with Crippen molar-refractivity contribution >= 4 is 21.8 Å². The number of rotatable bonds is 4. The van der Waals surface area contributed by atoms with Crippen LogP contribution in [0.4, 0.5) is 0 Å². The van der Waals surface area contributed by atoms with Crippen LogP contribution in [0.1, 0.15) is 18.4 Å². The molecular formula is C17H23BrN2O2. The highest BCUT2D eigenvalue weighted by molar-refractivity contribution is 9.10. The van der Waals surface area contributed by atoms with E-state index in [0.717, 1.165) is 49.4 Å². The van der Waals surface area contributed by atoms with Gasteiger partial charge in [0.2, 0.25) is 5.91 Å². The monoisotopic (exact) mass is 366 g/mol. The summed E-state index contributed by atoms with van der Waals surface area (Å²) in [5.41, 5.74) is 1.06. The van der Waals surface area contributed by atoms with Crippen LogP contribution in [0.15, 0.2) is 28.7 Å². The summed E-state index contributed by atoms with van der Waals surface area (Å²) < 4.78 is 6.71. The van der Waals surface area contributed by atoms with Gasteiger partial charge in [-0.25, -0.2) is 0 Å². The smallest absolute Gasteiger partial charge is 0.227 e. The molecule has 1 amide bonds. The van der Waals surface area contributed by atoms with Crippen LogP contribution in [0, 0.1) is 0 Å². The molecule has 120 valence electrons. The van der Waals surface area contributed by atoms with E-state index in [9.17, 15) is 4.79 Å². The van der Waals surface area contributed by atoms with Crippen molar-refractivity contribution in [1.29, 1.82) is 0 Å². The lowest BCUT2D eigenvalue weighted by Gasteiger charge is -2.35. The number of carbonyl (C=O) groups excluding carboxylic acids is 1. The second kappa shape index (κ2) is 7.57. The second-order valence-electron chi connectivity index (χ2n) is 6.08. The third-order valence-electron chi connectivity index (χ3n) is 4.51. The molecule has 3 rings (SSSR count). The van der Waals surface area contributed by atoms with Crippen molar-refractivity contribution in [1.82, 2.24) is 9.80 Å². The van der Waals surface area contributed by atoms with Crippen LogP contribution in [0.5, 0.6) is 0 Å². The molecule has 22 heavy (non-hydrogen) atoms.